The molecule has 1 atom stereocenters. The molecule has 3 aromatic heterocycles. The van der Waals surface area contributed by atoms with Gasteiger partial charge in [-0.15, -0.1) is 10.2 Å². The SMILES string of the molecule is CC(F)(c1ccc2ncccc2c1)c1nnc2ccc(Cl)nn12. The van der Waals surface area contributed by atoms with Crippen LogP contribution in [0.1, 0.15) is 18.3 Å². The van der Waals surface area contributed by atoms with E-state index in [4.69, 9.17) is 11.6 Å². The topological polar surface area (TPSA) is 56.0 Å². The smallest absolute Gasteiger partial charge is 0.196 e. The lowest BCUT2D eigenvalue weighted by molar-refractivity contribution is 0.231. The summed E-state index contributed by atoms with van der Waals surface area (Å²) in [5.74, 6) is 0.0817. The van der Waals surface area contributed by atoms with E-state index in [0.717, 1.165) is 10.9 Å². The maximum absolute atomic E-state index is 15.6. The quantitative estimate of drug-likeness (QED) is 0.565. The van der Waals surface area contributed by atoms with Gasteiger partial charge in [-0.2, -0.15) is 9.61 Å². The highest BCUT2D eigenvalue weighted by molar-refractivity contribution is 6.29. The van der Waals surface area contributed by atoms with Crippen molar-refractivity contribution in [2.75, 3.05) is 0 Å². The van der Waals surface area contributed by atoms with Crippen molar-refractivity contribution in [2.24, 2.45) is 0 Å². The second kappa shape index (κ2) is 4.96. The normalized spacial score (nSPS) is 14.2. The number of alkyl halides is 1. The third-order valence-electron chi connectivity index (χ3n) is 3.80. The van der Waals surface area contributed by atoms with Gasteiger partial charge in [-0.25, -0.2) is 4.39 Å². The van der Waals surface area contributed by atoms with Crippen LogP contribution in [0.3, 0.4) is 0 Å². The highest BCUT2D eigenvalue weighted by Gasteiger charge is 2.34. The molecule has 7 heteroatoms. The summed E-state index contributed by atoms with van der Waals surface area (Å²) in [7, 11) is 0. The van der Waals surface area contributed by atoms with Crippen LogP contribution in [0.2, 0.25) is 5.15 Å². The summed E-state index contributed by atoms with van der Waals surface area (Å²) in [4.78, 5) is 4.24. The largest absolute Gasteiger partial charge is 0.256 e. The summed E-state index contributed by atoms with van der Waals surface area (Å²) >= 11 is 5.90. The maximum Gasteiger partial charge on any atom is 0.196 e. The van der Waals surface area contributed by atoms with Crippen molar-refractivity contribution < 1.29 is 4.39 Å². The van der Waals surface area contributed by atoms with Crippen molar-refractivity contribution >= 4 is 28.2 Å². The minimum Gasteiger partial charge on any atom is -0.256 e. The first kappa shape index (κ1) is 14.0. The molecule has 0 aliphatic rings. The second-order valence-corrected chi connectivity index (χ2v) is 5.75. The molecular weight excluding hydrogens is 317 g/mol. The highest BCUT2D eigenvalue weighted by Crippen LogP contribution is 2.33. The van der Waals surface area contributed by atoms with Crippen LogP contribution in [0.5, 0.6) is 0 Å². The van der Waals surface area contributed by atoms with E-state index in [1.54, 1.807) is 36.5 Å². The molecule has 0 N–H and O–H groups in total. The molecule has 114 valence electrons. The van der Waals surface area contributed by atoms with Crippen LogP contribution < -0.4 is 0 Å². The Morgan fingerprint density at radius 3 is 2.87 bits per heavy atom. The van der Waals surface area contributed by atoms with Crippen molar-refractivity contribution in [1.29, 1.82) is 0 Å². The Kier molecular flexibility index (Phi) is 3.02. The van der Waals surface area contributed by atoms with E-state index in [-0.39, 0.29) is 11.0 Å². The molecule has 0 saturated heterocycles. The zero-order valence-electron chi connectivity index (χ0n) is 12.1. The molecule has 0 aliphatic heterocycles. The first-order valence-corrected chi connectivity index (χ1v) is 7.36. The number of hydrogen-bond donors (Lipinski definition) is 0. The summed E-state index contributed by atoms with van der Waals surface area (Å²) < 4.78 is 16.9. The summed E-state index contributed by atoms with van der Waals surface area (Å²) in [5, 5.41) is 13.1. The maximum atomic E-state index is 15.6. The Hall–Kier alpha value is -2.60. The molecular formula is C16H11ClFN5. The van der Waals surface area contributed by atoms with E-state index in [1.807, 2.05) is 12.1 Å². The van der Waals surface area contributed by atoms with Gasteiger partial charge in [0.25, 0.3) is 0 Å². The lowest BCUT2D eigenvalue weighted by Crippen LogP contribution is -2.21. The standard InChI is InChI=1S/C16H11ClFN5/c1-16(18,11-4-5-12-10(9-11)3-2-8-19-12)15-21-20-14-7-6-13(17)22-23(14)15/h2-9H,1H3. The van der Waals surface area contributed by atoms with Crippen LogP contribution in [-0.4, -0.2) is 24.8 Å². The van der Waals surface area contributed by atoms with Gasteiger partial charge in [0.05, 0.1) is 5.52 Å². The predicted octanol–water partition coefficient (Wildman–Crippen LogP) is 3.56. The van der Waals surface area contributed by atoms with Crippen LogP contribution in [0, 0.1) is 0 Å². The van der Waals surface area contributed by atoms with Crippen LogP contribution >= 0.6 is 11.6 Å². The Labute approximate surface area is 135 Å². The van der Waals surface area contributed by atoms with E-state index in [2.05, 4.69) is 20.3 Å². The van der Waals surface area contributed by atoms with Crippen molar-refractivity contribution in [3.63, 3.8) is 0 Å². The first-order chi connectivity index (χ1) is 11.1. The first-order valence-electron chi connectivity index (χ1n) is 6.98. The zero-order valence-corrected chi connectivity index (χ0v) is 12.9. The Morgan fingerprint density at radius 2 is 2.00 bits per heavy atom. The molecule has 4 rings (SSSR count). The molecule has 0 amide bonds. The van der Waals surface area contributed by atoms with Gasteiger partial charge in [0, 0.05) is 11.6 Å². The average molecular weight is 328 g/mol. The van der Waals surface area contributed by atoms with E-state index < -0.39 is 5.67 Å². The molecule has 4 aromatic rings. The summed E-state index contributed by atoms with van der Waals surface area (Å²) in [5.41, 5.74) is -0.176. The monoisotopic (exact) mass is 327 g/mol. The fourth-order valence-electron chi connectivity index (χ4n) is 2.56. The Bertz CT molecular complexity index is 1030. The number of aromatic nitrogens is 5. The highest BCUT2D eigenvalue weighted by atomic mass is 35.5. The zero-order chi connectivity index (χ0) is 16.0. The predicted molar refractivity (Wildman–Crippen MR) is 85.1 cm³/mol. The van der Waals surface area contributed by atoms with Crippen molar-refractivity contribution in [2.45, 2.75) is 12.6 Å². The van der Waals surface area contributed by atoms with Gasteiger partial charge in [0.2, 0.25) is 0 Å². The van der Waals surface area contributed by atoms with Crippen molar-refractivity contribution in [3.05, 3.63) is 65.2 Å². The van der Waals surface area contributed by atoms with Crippen LogP contribution in [0.15, 0.2) is 48.7 Å². The molecule has 0 bridgehead atoms. The average Bonchev–Trinajstić information content (AvgIpc) is 2.98. The molecule has 23 heavy (non-hydrogen) atoms. The fourth-order valence-corrected chi connectivity index (χ4v) is 2.69. The van der Waals surface area contributed by atoms with Crippen molar-refractivity contribution in [1.82, 2.24) is 24.8 Å². The van der Waals surface area contributed by atoms with Crippen LogP contribution in [-0.2, 0) is 5.67 Å². The van der Waals surface area contributed by atoms with E-state index in [0.29, 0.717) is 11.2 Å². The molecule has 0 radical (unpaired) electrons. The number of halogens is 2. The van der Waals surface area contributed by atoms with Gasteiger partial charge in [0.15, 0.2) is 17.1 Å². The molecule has 1 aromatic carbocycles. The number of fused-ring (bicyclic) bond motifs is 2. The van der Waals surface area contributed by atoms with Gasteiger partial charge in [-0.05, 0) is 42.8 Å². The number of benzene rings is 1. The third-order valence-corrected chi connectivity index (χ3v) is 4.00. The van der Waals surface area contributed by atoms with Crippen LogP contribution in [0.25, 0.3) is 16.6 Å². The molecule has 1 unspecified atom stereocenters. The minimum absolute atomic E-state index is 0.0817. The summed E-state index contributed by atoms with van der Waals surface area (Å²) in [6, 6.07) is 12.2. The van der Waals surface area contributed by atoms with Gasteiger partial charge in [-0.1, -0.05) is 23.7 Å². The molecule has 5 nitrogen and oxygen atoms in total. The molecule has 0 fully saturated rings. The number of rotatable bonds is 2. The van der Waals surface area contributed by atoms with E-state index >= 15 is 4.39 Å². The van der Waals surface area contributed by atoms with E-state index in [1.165, 1.54) is 11.4 Å². The van der Waals surface area contributed by atoms with Crippen molar-refractivity contribution in [3.8, 4) is 0 Å². The van der Waals surface area contributed by atoms with Gasteiger partial charge >= 0.3 is 0 Å². The Morgan fingerprint density at radius 1 is 1.13 bits per heavy atom. The lowest BCUT2D eigenvalue weighted by Gasteiger charge is -2.19. The second-order valence-electron chi connectivity index (χ2n) is 5.36. The number of pyridine rings is 1. The lowest BCUT2D eigenvalue weighted by atomic mass is 9.95. The molecule has 0 spiro atoms. The third kappa shape index (κ3) is 2.22. The molecule has 3 heterocycles. The van der Waals surface area contributed by atoms with Gasteiger partial charge < -0.3 is 0 Å². The number of nitrogens with zero attached hydrogens (tertiary/aromatic N) is 5. The van der Waals surface area contributed by atoms with Crippen LogP contribution in [0.4, 0.5) is 4.39 Å². The molecule has 0 aliphatic carbocycles. The fraction of sp³-hybridized carbons (Fsp3) is 0.125. The summed E-state index contributed by atoms with van der Waals surface area (Å²) in [6.07, 6.45) is 1.70. The number of hydrogen-bond acceptors (Lipinski definition) is 4. The van der Waals surface area contributed by atoms with Gasteiger partial charge in [0.1, 0.15) is 5.15 Å². The Balaban J connectivity index is 1.91. The van der Waals surface area contributed by atoms with E-state index in [9.17, 15) is 0 Å². The minimum atomic E-state index is -1.87. The molecule has 0 saturated carbocycles. The van der Waals surface area contributed by atoms with Gasteiger partial charge in [-0.3, -0.25) is 4.98 Å². The summed E-state index contributed by atoms with van der Waals surface area (Å²) in [6.45, 7) is 1.43.